The van der Waals surface area contributed by atoms with Gasteiger partial charge in [0.1, 0.15) is 34.6 Å². The fourth-order valence-electron chi connectivity index (χ4n) is 5.34. The number of aromatic nitrogens is 3. The molecule has 0 aliphatic carbocycles. The van der Waals surface area contributed by atoms with Gasteiger partial charge in [-0.25, -0.2) is 4.98 Å². The molecule has 1 fully saturated rings. The van der Waals surface area contributed by atoms with Crippen molar-refractivity contribution in [3.63, 3.8) is 0 Å². The maximum Gasteiger partial charge on any atom is 0.298 e. The van der Waals surface area contributed by atoms with E-state index >= 15 is 0 Å². The Hall–Kier alpha value is -4.83. The van der Waals surface area contributed by atoms with Crippen LogP contribution in [-0.4, -0.2) is 73.3 Å². The quantitative estimate of drug-likeness (QED) is 0.290. The van der Waals surface area contributed by atoms with Crippen LogP contribution in [-0.2, 0) is 6.54 Å². The second kappa shape index (κ2) is 11.3. The molecule has 3 aromatic carbocycles. The van der Waals surface area contributed by atoms with Crippen molar-refractivity contribution in [2.24, 2.45) is 5.10 Å². The van der Waals surface area contributed by atoms with Crippen LogP contribution in [0.1, 0.15) is 11.1 Å². The molecule has 2 aromatic heterocycles. The van der Waals surface area contributed by atoms with Crippen molar-refractivity contribution in [3.8, 4) is 17.2 Å². The van der Waals surface area contributed by atoms with Crippen LogP contribution in [0.15, 0.2) is 76.9 Å². The molecule has 0 unspecified atom stereocenters. The van der Waals surface area contributed by atoms with E-state index in [2.05, 4.69) is 37.0 Å². The second-order valence-corrected chi connectivity index (χ2v) is 9.91. The lowest BCUT2D eigenvalue weighted by molar-refractivity contribution is 0.245. The highest BCUT2D eigenvalue weighted by atomic mass is 16.5. The van der Waals surface area contributed by atoms with E-state index < -0.39 is 0 Å². The van der Waals surface area contributed by atoms with Crippen molar-refractivity contribution in [1.29, 1.82) is 0 Å². The monoisotopic (exact) mass is 552 g/mol. The minimum atomic E-state index is -0.275. The maximum absolute atomic E-state index is 13.2. The summed E-state index contributed by atoms with van der Waals surface area (Å²) >= 11 is 0. The number of nitrogens with zero attached hydrogens (tertiary/aromatic N) is 5. The molecule has 5 aromatic rings. The van der Waals surface area contributed by atoms with Crippen molar-refractivity contribution in [2.75, 3.05) is 52.4 Å². The van der Waals surface area contributed by atoms with Gasteiger partial charge in [0.05, 0.1) is 33.2 Å². The number of H-pyrrole nitrogens is 1. The van der Waals surface area contributed by atoms with Crippen LogP contribution >= 0.6 is 0 Å². The molecule has 1 N–H and O–H groups in total. The first-order valence-corrected chi connectivity index (χ1v) is 13.5. The number of nitrogens with one attached hydrogen (secondary N) is 1. The molecular weight excluding hydrogens is 520 g/mol. The molecule has 1 aliphatic rings. The summed E-state index contributed by atoms with van der Waals surface area (Å²) in [5, 5.41) is 5.26. The van der Waals surface area contributed by atoms with Crippen molar-refractivity contribution in [2.45, 2.75) is 6.54 Å². The van der Waals surface area contributed by atoms with Crippen LogP contribution < -0.4 is 24.7 Å². The Morgan fingerprint density at radius 2 is 1.73 bits per heavy atom. The van der Waals surface area contributed by atoms with Crippen LogP contribution in [0.3, 0.4) is 0 Å². The van der Waals surface area contributed by atoms with E-state index in [9.17, 15) is 4.79 Å². The minimum absolute atomic E-state index is 0.275. The van der Waals surface area contributed by atoms with Crippen LogP contribution in [0.25, 0.3) is 21.9 Å². The summed E-state index contributed by atoms with van der Waals surface area (Å²) < 4.78 is 17.8. The predicted octanol–water partition coefficient (Wildman–Crippen LogP) is 4.11. The van der Waals surface area contributed by atoms with Gasteiger partial charge < -0.3 is 24.1 Å². The number of hydrogen-bond acceptors (Lipinski definition) is 8. The Morgan fingerprint density at radius 3 is 2.51 bits per heavy atom. The van der Waals surface area contributed by atoms with E-state index in [4.69, 9.17) is 14.2 Å². The molecule has 0 amide bonds. The number of ether oxygens (including phenoxy) is 3. The lowest BCUT2D eigenvalue weighted by Gasteiger charge is -2.36. The number of aromatic amines is 1. The van der Waals surface area contributed by atoms with Crippen molar-refractivity contribution in [1.82, 2.24) is 19.5 Å². The number of anilines is 1. The highest BCUT2D eigenvalue weighted by Crippen LogP contribution is 2.29. The number of rotatable bonds is 8. The average molecular weight is 553 g/mol. The molecule has 0 atom stereocenters. The molecule has 6 rings (SSSR count). The standard InChI is InChI=1S/C31H32N6O4/c1-39-23-9-10-25-24(17-23)29-30(34-25)31(38)37(20-32-29)33-18-21-8-11-27(40-2)22(16-21)19-35-12-14-36(15-13-35)26-6-4-5-7-28(26)41-3/h4-11,16-18,20,34H,12-15,19H2,1-3H3/b33-18+. The third-order valence-electron chi connectivity index (χ3n) is 7.52. The van der Waals surface area contributed by atoms with Gasteiger partial charge in [0.25, 0.3) is 5.56 Å². The van der Waals surface area contributed by atoms with Crippen LogP contribution in [0.2, 0.25) is 0 Å². The molecule has 0 saturated carbocycles. The fraction of sp³-hybridized carbons (Fsp3) is 0.258. The van der Waals surface area contributed by atoms with Gasteiger partial charge in [-0.2, -0.15) is 9.78 Å². The minimum Gasteiger partial charge on any atom is -0.497 e. The van der Waals surface area contributed by atoms with Crippen LogP contribution in [0.4, 0.5) is 5.69 Å². The molecule has 0 radical (unpaired) electrons. The Morgan fingerprint density at radius 1 is 0.927 bits per heavy atom. The van der Waals surface area contributed by atoms with Gasteiger partial charge in [0.2, 0.25) is 0 Å². The SMILES string of the molecule is COc1ccc2[nH]c3c(=O)n(/N=C/c4ccc(OC)c(CN5CCN(c6ccccc6OC)CC5)c4)cnc3c2c1. The number of fused-ring (bicyclic) bond motifs is 3. The zero-order valence-corrected chi connectivity index (χ0v) is 23.3. The van der Waals surface area contributed by atoms with Crippen molar-refractivity contribution < 1.29 is 14.2 Å². The number of hydrogen-bond donors (Lipinski definition) is 1. The Balaban J connectivity index is 1.19. The lowest BCUT2D eigenvalue weighted by atomic mass is 10.1. The molecule has 3 heterocycles. The Labute approximate surface area is 237 Å². The summed E-state index contributed by atoms with van der Waals surface area (Å²) in [4.78, 5) is 25.6. The van der Waals surface area contributed by atoms with E-state index in [0.717, 1.165) is 71.9 Å². The van der Waals surface area contributed by atoms with Gasteiger partial charge in [0.15, 0.2) is 0 Å². The zero-order valence-electron chi connectivity index (χ0n) is 23.3. The lowest BCUT2D eigenvalue weighted by Crippen LogP contribution is -2.46. The highest BCUT2D eigenvalue weighted by Gasteiger charge is 2.20. The first-order valence-electron chi connectivity index (χ1n) is 13.5. The summed E-state index contributed by atoms with van der Waals surface area (Å²) in [5.74, 6) is 2.42. The smallest absolute Gasteiger partial charge is 0.298 e. The van der Waals surface area contributed by atoms with Crippen molar-refractivity contribution in [3.05, 3.63) is 88.5 Å². The largest absolute Gasteiger partial charge is 0.497 e. The van der Waals surface area contributed by atoms with Gasteiger partial charge >= 0.3 is 0 Å². The van der Waals surface area contributed by atoms with Gasteiger partial charge in [-0.1, -0.05) is 12.1 Å². The fourth-order valence-corrected chi connectivity index (χ4v) is 5.34. The molecule has 1 saturated heterocycles. The molecule has 1 aliphatic heterocycles. The maximum atomic E-state index is 13.2. The third kappa shape index (κ3) is 5.21. The first-order chi connectivity index (χ1) is 20.1. The summed E-state index contributed by atoms with van der Waals surface area (Å²) in [6, 6.07) is 19.7. The average Bonchev–Trinajstić information content (AvgIpc) is 3.40. The van der Waals surface area contributed by atoms with E-state index in [1.54, 1.807) is 27.5 Å². The summed E-state index contributed by atoms with van der Waals surface area (Å²) in [7, 11) is 5.00. The van der Waals surface area contributed by atoms with Crippen LogP contribution in [0.5, 0.6) is 17.2 Å². The third-order valence-corrected chi connectivity index (χ3v) is 7.52. The molecule has 0 bridgehead atoms. The molecule has 41 heavy (non-hydrogen) atoms. The number of para-hydroxylation sites is 2. The van der Waals surface area contributed by atoms with E-state index in [1.807, 2.05) is 48.5 Å². The van der Waals surface area contributed by atoms with Gasteiger partial charge in [-0.3, -0.25) is 9.69 Å². The normalized spacial score (nSPS) is 14.3. The van der Waals surface area contributed by atoms with Gasteiger partial charge in [-0.05, 0) is 54.1 Å². The van der Waals surface area contributed by atoms with Crippen LogP contribution in [0, 0.1) is 0 Å². The molecular formula is C31H32N6O4. The first kappa shape index (κ1) is 26.4. The van der Waals surface area contributed by atoms with Crippen molar-refractivity contribution >= 4 is 33.8 Å². The summed E-state index contributed by atoms with van der Waals surface area (Å²) in [6.07, 6.45) is 3.11. The molecule has 10 heteroatoms. The number of benzene rings is 3. The predicted molar refractivity (Wildman–Crippen MR) is 161 cm³/mol. The van der Waals surface area contributed by atoms with E-state index in [-0.39, 0.29) is 5.56 Å². The number of piperazine rings is 1. The Bertz CT molecular complexity index is 1790. The number of methoxy groups -OCH3 is 3. The van der Waals surface area contributed by atoms with Gasteiger partial charge in [-0.15, -0.1) is 0 Å². The van der Waals surface area contributed by atoms with Gasteiger partial charge in [0, 0.05) is 49.2 Å². The molecule has 10 nitrogen and oxygen atoms in total. The Kier molecular flexibility index (Phi) is 7.30. The van der Waals surface area contributed by atoms with E-state index in [1.165, 1.54) is 11.0 Å². The topological polar surface area (TPSA) is 97.2 Å². The molecule has 210 valence electrons. The molecule has 0 spiro atoms. The summed E-state index contributed by atoms with van der Waals surface area (Å²) in [6.45, 7) is 4.39. The van der Waals surface area contributed by atoms with E-state index in [0.29, 0.717) is 16.8 Å². The second-order valence-electron chi connectivity index (χ2n) is 9.91. The summed E-state index contributed by atoms with van der Waals surface area (Å²) in [5.41, 5.74) is 4.58. The highest BCUT2D eigenvalue weighted by molar-refractivity contribution is 6.04. The zero-order chi connectivity index (χ0) is 28.3.